The maximum Gasteiger partial charge on any atom is 0.354 e. The average molecular weight is 201 g/mol. The van der Waals surface area contributed by atoms with Gasteiger partial charge in [0.2, 0.25) is 0 Å². The largest absolute Gasteiger partial charge is 0.354 e. The highest BCUT2D eigenvalue weighted by Crippen LogP contribution is 2.43. The van der Waals surface area contributed by atoms with Gasteiger partial charge >= 0.3 is 5.92 Å². The van der Waals surface area contributed by atoms with Crippen LogP contribution in [0.5, 0.6) is 0 Å². The highest BCUT2D eigenvalue weighted by atomic mass is 19.3. The van der Waals surface area contributed by atoms with Crippen molar-refractivity contribution in [3.8, 4) is 0 Å². The molecule has 1 aliphatic rings. The molecule has 1 heterocycles. The first-order valence-electron chi connectivity index (χ1n) is 3.93. The summed E-state index contributed by atoms with van der Waals surface area (Å²) in [5.41, 5.74) is -0.533. The normalized spacial score (nSPS) is 17.9. The van der Waals surface area contributed by atoms with E-state index in [1.54, 1.807) is 0 Å². The number of rotatable bonds is 0. The van der Waals surface area contributed by atoms with Crippen LogP contribution in [0.2, 0.25) is 0 Å². The number of anilines is 1. The monoisotopic (exact) mass is 201 g/mol. The van der Waals surface area contributed by atoms with Crippen LogP contribution in [0.4, 0.5) is 18.9 Å². The van der Waals surface area contributed by atoms with Gasteiger partial charge in [-0.2, -0.15) is 8.78 Å². The lowest BCUT2D eigenvalue weighted by molar-refractivity contribution is -0.139. The van der Waals surface area contributed by atoms with Crippen LogP contribution in [0.25, 0.3) is 0 Å². The molecule has 2 rings (SSSR count). The van der Waals surface area contributed by atoms with Gasteiger partial charge in [-0.15, -0.1) is 0 Å². The van der Waals surface area contributed by atoms with Gasteiger partial charge in [-0.3, -0.25) is 4.79 Å². The molecule has 0 unspecified atom stereocenters. The van der Waals surface area contributed by atoms with Crippen molar-refractivity contribution in [3.63, 3.8) is 0 Å². The number of benzene rings is 1. The number of alkyl halides is 2. The Balaban J connectivity index is 2.76. The van der Waals surface area contributed by atoms with Crippen LogP contribution in [0.1, 0.15) is 11.1 Å². The maximum atomic E-state index is 13.1. The van der Waals surface area contributed by atoms with E-state index in [4.69, 9.17) is 0 Å². The minimum atomic E-state index is -3.76. The summed E-state index contributed by atoms with van der Waals surface area (Å²) in [6, 6.07) is 2.28. The molecule has 0 aromatic heterocycles. The smallest absolute Gasteiger partial charge is 0.320 e. The molecule has 0 bridgehead atoms. The predicted molar refractivity (Wildman–Crippen MR) is 43.7 cm³/mol. The van der Waals surface area contributed by atoms with Crippen LogP contribution in [0, 0.1) is 12.7 Å². The zero-order chi connectivity index (χ0) is 10.5. The lowest BCUT2D eigenvalue weighted by Crippen LogP contribution is -2.24. The second kappa shape index (κ2) is 2.50. The fourth-order valence-electron chi connectivity index (χ4n) is 1.46. The molecule has 5 heteroatoms. The van der Waals surface area contributed by atoms with Gasteiger partial charge in [0, 0.05) is 0 Å². The van der Waals surface area contributed by atoms with Crippen LogP contribution in [0.15, 0.2) is 12.1 Å². The average Bonchev–Trinajstić information content (AvgIpc) is 2.33. The van der Waals surface area contributed by atoms with Crippen molar-refractivity contribution in [1.29, 1.82) is 0 Å². The van der Waals surface area contributed by atoms with Crippen LogP contribution in [0.3, 0.4) is 0 Å². The van der Waals surface area contributed by atoms with Gasteiger partial charge < -0.3 is 5.32 Å². The second-order valence-corrected chi connectivity index (χ2v) is 3.14. The third-order valence-corrected chi connectivity index (χ3v) is 2.20. The van der Waals surface area contributed by atoms with Crippen LogP contribution in [-0.2, 0) is 10.7 Å². The van der Waals surface area contributed by atoms with Crippen molar-refractivity contribution in [2.75, 3.05) is 5.32 Å². The zero-order valence-corrected chi connectivity index (χ0v) is 7.20. The fraction of sp³-hybridized carbons (Fsp3) is 0.222. The molecule has 0 saturated heterocycles. The molecule has 0 aliphatic carbocycles. The first-order chi connectivity index (χ1) is 6.44. The molecule has 1 N–H and O–H groups in total. The molecular formula is C9H6F3NO. The molecule has 1 aromatic carbocycles. The highest BCUT2D eigenvalue weighted by molar-refractivity contribution is 6.04. The van der Waals surface area contributed by atoms with Crippen LogP contribution in [-0.4, -0.2) is 5.91 Å². The van der Waals surface area contributed by atoms with Crippen LogP contribution < -0.4 is 5.32 Å². The Morgan fingerprint density at radius 3 is 2.57 bits per heavy atom. The topological polar surface area (TPSA) is 29.1 Å². The molecule has 2 nitrogen and oxygen atoms in total. The van der Waals surface area contributed by atoms with Gasteiger partial charge in [-0.25, -0.2) is 4.39 Å². The summed E-state index contributed by atoms with van der Waals surface area (Å²) in [4.78, 5) is 10.8. The molecule has 0 fully saturated rings. The summed E-state index contributed by atoms with van der Waals surface area (Å²) in [5, 5.41) is 1.97. The quantitative estimate of drug-likeness (QED) is 0.684. The summed E-state index contributed by atoms with van der Waals surface area (Å²) in [7, 11) is 0. The maximum absolute atomic E-state index is 13.1. The summed E-state index contributed by atoms with van der Waals surface area (Å²) in [5.74, 6) is -6.29. The van der Waals surface area contributed by atoms with E-state index in [0.29, 0.717) is 5.56 Å². The number of hydrogen-bond donors (Lipinski definition) is 1. The van der Waals surface area contributed by atoms with Gasteiger partial charge in [-0.05, 0) is 18.6 Å². The van der Waals surface area contributed by atoms with Crippen molar-refractivity contribution < 1.29 is 18.0 Å². The Hall–Kier alpha value is -1.52. The number of amides is 1. The predicted octanol–water partition coefficient (Wildman–Crippen LogP) is 2.18. The Bertz CT molecular complexity index is 428. The third-order valence-electron chi connectivity index (χ3n) is 2.20. The Morgan fingerprint density at radius 1 is 1.36 bits per heavy atom. The van der Waals surface area contributed by atoms with Gasteiger partial charge in [0.15, 0.2) is 0 Å². The minimum Gasteiger partial charge on any atom is -0.320 e. The SMILES string of the molecule is Cc1ccc(F)c2c1NC(=O)C2(F)F. The standard InChI is InChI=1S/C9H6F3NO/c1-4-2-3-5(10)6-7(4)13-8(14)9(6,11)12/h2-3H,1H3,(H,13,14). The minimum absolute atomic E-state index is 0.111. The number of nitrogens with one attached hydrogen (secondary N) is 1. The zero-order valence-electron chi connectivity index (χ0n) is 7.20. The summed E-state index contributed by atoms with van der Waals surface area (Å²) in [6.45, 7) is 1.53. The van der Waals surface area contributed by atoms with Crippen molar-refractivity contribution in [2.45, 2.75) is 12.8 Å². The molecule has 0 radical (unpaired) electrons. The second-order valence-electron chi connectivity index (χ2n) is 3.14. The number of carbonyl (C=O) groups excluding carboxylic acids is 1. The van der Waals surface area contributed by atoms with Gasteiger partial charge in [0.05, 0.1) is 11.3 Å². The van der Waals surface area contributed by atoms with Crippen molar-refractivity contribution in [3.05, 3.63) is 29.1 Å². The van der Waals surface area contributed by atoms with E-state index < -0.39 is 23.2 Å². The molecule has 1 amide bonds. The summed E-state index contributed by atoms with van der Waals surface area (Å²) in [6.07, 6.45) is 0. The van der Waals surface area contributed by atoms with E-state index in [2.05, 4.69) is 0 Å². The molecule has 0 saturated carbocycles. The number of fused-ring (bicyclic) bond motifs is 1. The van der Waals surface area contributed by atoms with E-state index in [1.165, 1.54) is 13.0 Å². The number of aryl methyl sites for hydroxylation is 1. The fourth-order valence-corrected chi connectivity index (χ4v) is 1.46. The molecule has 1 aliphatic heterocycles. The van der Waals surface area contributed by atoms with Crippen molar-refractivity contribution in [1.82, 2.24) is 0 Å². The molecular weight excluding hydrogens is 195 g/mol. The molecule has 0 atom stereocenters. The lowest BCUT2D eigenvalue weighted by Gasteiger charge is -2.07. The summed E-state index contributed by atoms with van der Waals surface area (Å²) >= 11 is 0. The van der Waals surface area contributed by atoms with E-state index in [1.807, 2.05) is 5.32 Å². The Morgan fingerprint density at radius 2 is 2.00 bits per heavy atom. The van der Waals surface area contributed by atoms with E-state index in [9.17, 15) is 18.0 Å². The summed E-state index contributed by atoms with van der Waals surface area (Å²) < 4.78 is 39.3. The molecule has 1 aromatic rings. The lowest BCUT2D eigenvalue weighted by atomic mass is 10.1. The molecule has 14 heavy (non-hydrogen) atoms. The Kier molecular flexibility index (Phi) is 1.61. The highest BCUT2D eigenvalue weighted by Gasteiger charge is 2.51. The molecule has 74 valence electrons. The van der Waals surface area contributed by atoms with Gasteiger partial charge in [0.1, 0.15) is 5.82 Å². The van der Waals surface area contributed by atoms with Gasteiger partial charge in [0.25, 0.3) is 5.91 Å². The number of hydrogen-bond acceptors (Lipinski definition) is 1. The van der Waals surface area contributed by atoms with Gasteiger partial charge in [-0.1, -0.05) is 6.07 Å². The first-order valence-corrected chi connectivity index (χ1v) is 3.93. The Labute approximate surface area is 77.7 Å². The van der Waals surface area contributed by atoms with Crippen molar-refractivity contribution in [2.24, 2.45) is 0 Å². The number of carbonyl (C=O) groups is 1. The van der Waals surface area contributed by atoms with E-state index >= 15 is 0 Å². The third kappa shape index (κ3) is 0.950. The van der Waals surface area contributed by atoms with Crippen LogP contribution >= 0.6 is 0 Å². The van der Waals surface area contributed by atoms with Crippen molar-refractivity contribution >= 4 is 11.6 Å². The first kappa shape index (κ1) is 9.05. The van der Waals surface area contributed by atoms with E-state index in [-0.39, 0.29) is 5.69 Å². The molecule has 0 spiro atoms. The van der Waals surface area contributed by atoms with E-state index in [0.717, 1.165) is 6.07 Å². The number of halogens is 3.